The minimum Gasteiger partial charge on any atom is -0.408 e. The Labute approximate surface area is 193 Å². The van der Waals surface area contributed by atoms with Gasteiger partial charge in [-0.1, -0.05) is 19.9 Å². The van der Waals surface area contributed by atoms with Crippen LogP contribution in [-0.4, -0.2) is 61.8 Å². The molecule has 0 saturated heterocycles. The van der Waals surface area contributed by atoms with Crippen molar-refractivity contribution in [2.45, 2.75) is 32.2 Å². The monoisotopic (exact) mass is 474 g/mol. The predicted molar refractivity (Wildman–Crippen MR) is 128 cm³/mol. The zero-order chi connectivity index (χ0) is 24.3. The Morgan fingerprint density at radius 2 is 1.79 bits per heavy atom. The van der Waals surface area contributed by atoms with E-state index in [0.717, 1.165) is 0 Å². The third-order valence-electron chi connectivity index (χ3n) is 5.47. The lowest BCUT2D eigenvalue weighted by Crippen LogP contribution is -2.31. The Bertz CT molecular complexity index is 1320. The molecule has 1 N–H and O–H groups in total. The minimum atomic E-state index is -3.71. The molecule has 0 saturated carbocycles. The molecular formula is C23H30N4O5S. The topological polar surface area (TPSA) is 105 Å². The van der Waals surface area contributed by atoms with E-state index in [1.54, 1.807) is 51.1 Å². The number of sulfonamides is 1. The van der Waals surface area contributed by atoms with Crippen LogP contribution in [-0.2, 0) is 16.6 Å². The summed E-state index contributed by atoms with van der Waals surface area (Å²) in [6.45, 7) is 7.04. The van der Waals surface area contributed by atoms with Gasteiger partial charge in [-0.25, -0.2) is 13.2 Å². The molecule has 0 atom stereocenters. The maximum atomic E-state index is 13.0. The van der Waals surface area contributed by atoms with Crippen molar-refractivity contribution in [3.8, 4) is 0 Å². The van der Waals surface area contributed by atoms with Gasteiger partial charge in [0, 0.05) is 37.4 Å². The van der Waals surface area contributed by atoms with Gasteiger partial charge in [0.25, 0.3) is 5.91 Å². The third kappa shape index (κ3) is 5.18. The normalized spacial score (nSPS) is 12.1. The van der Waals surface area contributed by atoms with Gasteiger partial charge in [-0.15, -0.1) is 0 Å². The van der Waals surface area contributed by atoms with E-state index in [1.807, 2.05) is 19.0 Å². The Morgan fingerprint density at radius 3 is 2.42 bits per heavy atom. The van der Waals surface area contributed by atoms with Gasteiger partial charge in [0.15, 0.2) is 5.58 Å². The largest absolute Gasteiger partial charge is 0.419 e. The molecule has 1 aromatic heterocycles. The molecule has 1 heterocycles. The number of anilines is 1. The summed E-state index contributed by atoms with van der Waals surface area (Å²) in [6, 6.07) is 9.57. The molecule has 0 aliphatic carbocycles. The molecule has 0 aliphatic rings. The summed E-state index contributed by atoms with van der Waals surface area (Å²) >= 11 is 0. The quantitative estimate of drug-likeness (QED) is 0.511. The lowest BCUT2D eigenvalue weighted by atomic mass is 10.1. The first-order valence-electron chi connectivity index (χ1n) is 10.8. The average molecular weight is 475 g/mol. The molecule has 0 spiro atoms. The van der Waals surface area contributed by atoms with Gasteiger partial charge in [0.05, 0.1) is 10.4 Å². The fourth-order valence-corrected chi connectivity index (χ4v) is 5.29. The van der Waals surface area contributed by atoms with Crippen LogP contribution in [0.1, 0.15) is 29.8 Å². The molecule has 0 fully saturated rings. The highest BCUT2D eigenvalue weighted by molar-refractivity contribution is 7.89. The first-order chi connectivity index (χ1) is 15.6. The molecule has 3 aromatic rings. The van der Waals surface area contributed by atoms with Gasteiger partial charge < -0.3 is 14.6 Å². The van der Waals surface area contributed by atoms with Crippen LogP contribution >= 0.6 is 0 Å². The summed E-state index contributed by atoms with van der Waals surface area (Å²) in [4.78, 5) is 27.2. The van der Waals surface area contributed by atoms with Crippen LogP contribution in [0.5, 0.6) is 0 Å². The number of oxazole rings is 1. The van der Waals surface area contributed by atoms with E-state index in [2.05, 4.69) is 5.32 Å². The summed E-state index contributed by atoms with van der Waals surface area (Å²) in [6.07, 6.45) is 0. The zero-order valence-electron chi connectivity index (χ0n) is 19.6. The summed E-state index contributed by atoms with van der Waals surface area (Å²) in [5.41, 5.74) is 2.28. The lowest BCUT2D eigenvalue weighted by Gasteiger charge is -2.20. The third-order valence-corrected chi connectivity index (χ3v) is 7.66. The van der Waals surface area contributed by atoms with E-state index in [1.165, 1.54) is 14.9 Å². The van der Waals surface area contributed by atoms with Gasteiger partial charge in [-0.2, -0.15) is 4.31 Å². The maximum absolute atomic E-state index is 13.0. The van der Waals surface area contributed by atoms with E-state index in [-0.39, 0.29) is 10.5 Å². The molecule has 2 aromatic carbocycles. The highest BCUT2D eigenvalue weighted by atomic mass is 32.2. The van der Waals surface area contributed by atoms with Crippen molar-refractivity contribution in [3.05, 3.63) is 58.1 Å². The van der Waals surface area contributed by atoms with Crippen LogP contribution in [0.25, 0.3) is 11.1 Å². The van der Waals surface area contributed by atoms with Gasteiger partial charge in [0.2, 0.25) is 10.0 Å². The number of hydrogen-bond donors (Lipinski definition) is 1. The van der Waals surface area contributed by atoms with Crippen LogP contribution < -0.4 is 11.1 Å². The number of rotatable bonds is 9. The van der Waals surface area contributed by atoms with Crippen LogP contribution in [0.4, 0.5) is 5.69 Å². The Hall–Kier alpha value is -2.95. The Morgan fingerprint density at radius 1 is 1.09 bits per heavy atom. The molecule has 1 amide bonds. The second-order valence-corrected chi connectivity index (χ2v) is 9.94. The molecule has 0 bridgehead atoms. The second-order valence-electron chi connectivity index (χ2n) is 8.03. The number of carbonyl (C=O) groups is 1. The number of nitrogens with zero attached hydrogens (tertiary/aromatic N) is 3. The number of hydrogen-bond acceptors (Lipinski definition) is 6. The second kappa shape index (κ2) is 9.90. The van der Waals surface area contributed by atoms with Gasteiger partial charge in [-0.05, 0) is 56.9 Å². The van der Waals surface area contributed by atoms with E-state index in [9.17, 15) is 18.0 Å². The van der Waals surface area contributed by atoms with E-state index < -0.39 is 21.7 Å². The predicted octanol–water partition coefficient (Wildman–Crippen LogP) is 2.75. The Balaban J connectivity index is 1.91. The average Bonchev–Trinajstić information content (AvgIpc) is 3.07. The molecule has 9 nitrogen and oxygen atoms in total. The van der Waals surface area contributed by atoms with E-state index in [4.69, 9.17) is 4.42 Å². The first-order valence-corrected chi connectivity index (χ1v) is 12.2. The number of nitrogens with one attached hydrogen (secondary N) is 1. The molecular weight excluding hydrogens is 444 g/mol. The smallest absolute Gasteiger partial charge is 0.408 e. The standard InChI is InChI=1S/C23H30N4O5S/c1-6-26(7-2)33(30,31)21-14-17(9-8-16(21)3)22(28)24-18-10-11-20-19(15-18)27(23(29)32-20)13-12-25(4)5/h8-11,14-15H,6-7,12-13H2,1-5H3,(H,24,28). The summed E-state index contributed by atoms with van der Waals surface area (Å²) in [7, 11) is 0.117. The number of aromatic nitrogens is 1. The van der Waals surface area contributed by atoms with Crippen molar-refractivity contribution in [2.75, 3.05) is 39.0 Å². The number of likely N-dealkylation sites (N-methyl/N-ethyl adjacent to an activating group) is 1. The fourth-order valence-electron chi connectivity index (χ4n) is 3.58. The number of aryl methyl sites for hydroxylation is 1. The van der Waals surface area contributed by atoms with Crippen LogP contribution in [0.2, 0.25) is 0 Å². The van der Waals surface area contributed by atoms with E-state index in [0.29, 0.717) is 48.5 Å². The lowest BCUT2D eigenvalue weighted by molar-refractivity contribution is 0.102. The molecule has 33 heavy (non-hydrogen) atoms. The molecule has 0 radical (unpaired) electrons. The number of amides is 1. The molecule has 3 rings (SSSR count). The maximum Gasteiger partial charge on any atom is 0.419 e. The summed E-state index contributed by atoms with van der Waals surface area (Å²) < 4.78 is 34.2. The molecule has 10 heteroatoms. The first kappa shape index (κ1) is 24.7. The van der Waals surface area contributed by atoms with Crippen molar-refractivity contribution >= 4 is 32.7 Å². The molecule has 178 valence electrons. The van der Waals surface area contributed by atoms with Crippen molar-refractivity contribution in [2.24, 2.45) is 0 Å². The zero-order valence-corrected chi connectivity index (χ0v) is 20.4. The fraction of sp³-hybridized carbons (Fsp3) is 0.391. The van der Waals surface area contributed by atoms with Crippen molar-refractivity contribution < 1.29 is 17.6 Å². The van der Waals surface area contributed by atoms with Gasteiger partial charge in [0.1, 0.15) is 0 Å². The van der Waals surface area contributed by atoms with E-state index >= 15 is 0 Å². The summed E-state index contributed by atoms with van der Waals surface area (Å²) in [5.74, 6) is -0.906. The van der Waals surface area contributed by atoms with Crippen molar-refractivity contribution in [1.82, 2.24) is 13.8 Å². The van der Waals surface area contributed by atoms with Gasteiger partial charge >= 0.3 is 5.76 Å². The van der Waals surface area contributed by atoms with Crippen molar-refractivity contribution in [1.29, 1.82) is 0 Å². The number of fused-ring (bicyclic) bond motifs is 1. The molecule has 0 aliphatic heterocycles. The van der Waals surface area contributed by atoms with Crippen LogP contribution in [0.3, 0.4) is 0 Å². The van der Waals surface area contributed by atoms with Crippen LogP contribution in [0, 0.1) is 6.92 Å². The summed E-state index contributed by atoms with van der Waals surface area (Å²) in [5, 5.41) is 2.79. The SMILES string of the molecule is CCN(CC)S(=O)(=O)c1cc(C(=O)Nc2ccc3oc(=O)n(CCN(C)C)c3c2)ccc1C. The van der Waals surface area contributed by atoms with Crippen LogP contribution in [0.15, 0.2) is 50.5 Å². The number of carbonyl (C=O) groups excluding carboxylic acids is 1. The Kier molecular flexibility index (Phi) is 7.41. The highest BCUT2D eigenvalue weighted by Gasteiger charge is 2.25. The minimum absolute atomic E-state index is 0.113. The van der Waals surface area contributed by atoms with Crippen molar-refractivity contribution in [3.63, 3.8) is 0 Å². The molecule has 0 unspecified atom stereocenters. The van der Waals surface area contributed by atoms with Gasteiger partial charge in [-0.3, -0.25) is 9.36 Å². The number of benzene rings is 2. The highest BCUT2D eigenvalue weighted by Crippen LogP contribution is 2.23.